The molecule has 1 aliphatic carbocycles. The van der Waals surface area contributed by atoms with Gasteiger partial charge in [0, 0.05) is 12.6 Å². The number of sulfonamides is 1. The first-order chi connectivity index (χ1) is 9.51. The van der Waals surface area contributed by atoms with E-state index >= 15 is 0 Å². The zero-order chi connectivity index (χ0) is 14.6. The second-order valence-electron chi connectivity index (χ2n) is 6.50. The van der Waals surface area contributed by atoms with Crippen LogP contribution >= 0.6 is 0 Å². The topological polar surface area (TPSA) is 57.6 Å². The summed E-state index contributed by atoms with van der Waals surface area (Å²) >= 11 is 0. The first kappa shape index (κ1) is 16.2. The van der Waals surface area contributed by atoms with Gasteiger partial charge in [-0.1, -0.05) is 32.1 Å². The molecule has 1 saturated heterocycles. The molecule has 0 aromatic rings. The molecule has 0 aromatic heterocycles. The molecule has 118 valence electrons. The molecule has 2 rings (SSSR count). The minimum absolute atomic E-state index is 0.00410. The molecule has 5 heteroatoms. The molecule has 1 saturated carbocycles. The second kappa shape index (κ2) is 7.23. The summed E-state index contributed by atoms with van der Waals surface area (Å²) in [6, 6.07) is 0.00410. The van der Waals surface area contributed by atoms with Gasteiger partial charge in [0.05, 0.1) is 11.4 Å². The van der Waals surface area contributed by atoms with Crippen LogP contribution in [0.25, 0.3) is 0 Å². The summed E-state index contributed by atoms with van der Waals surface area (Å²) < 4.78 is 27.6. The van der Waals surface area contributed by atoms with Crippen LogP contribution < -0.4 is 0 Å². The van der Waals surface area contributed by atoms with Crippen LogP contribution in [0, 0.1) is 0 Å². The summed E-state index contributed by atoms with van der Waals surface area (Å²) in [4.78, 5) is 0. The number of rotatable bonds is 4. The number of aliphatic hydroxyl groups is 1. The van der Waals surface area contributed by atoms with Crippen molar-refractivity contribution in [3.63, 3.8) is 0 Å². The Morgan fingerprint density at radius 3 is 2.30 bits per heavy atom. The highest BCUT2D eigenvalue weighted by molar-refractivity contribution is 7.89. The Labute approximate surface area is 123 Å². The molecule has 1 aliphatic heterocycles. The van der Waals surface area contributed by atoms with Gasteiger partial charge in [-0.2, -0.15) is 4.31 Å². The highest BCUT2D eigenvalue weighted by Gasteiger charge is 2.37. The SMILES string of the molecule is CC(O)CC1CCCCCN1S(=O)(=O)C1CCCCC1. The highest BCUT2D eigenvalue weighted by atomic mass is 32.2. The van der Waals surface area contributed by atoms with Gasteiger partial charge in [0.15, 0.2) is 0 Å². The summed E-state index contributed by atoms with van der Waals surface area (Å²) in [5, 5.41) is 9.49. The maximum Gasteiger partial charge on any atom is 0.217 e. The van der Waals surface area contributed by atoms with Crippen LogP contribution in [0.4, 0.5) is 0 Å². The third-order valence-corrected chi connectivity index (χ3v) is 7.18. The van der Waals surface area contributed by atoms with Crippen molar-refractivity contribution < 1.29 is 13.5 Å². The molecule has 0 spiro atoms. The summed E-state index contributed by atoms with van der Waals surface area (Å²) in [5.41, 5.74) is 0. The number of nitrogens with zero attached hydrogens (tertiary/aromatic N) is 1. The molecule has 20 heavy (non-hydrogen) atoms. The number of aliphatic hydroxyl groups excluding tert-OH is 1. The van der Waals surface area contributed by atoms with Gasteiger partial charge >= 0.3 is 0 Å². The molecule has 0 bridgehead atoms. The number of hydrogen-bond acceptors (Lipinski definition) is 3. The van der Waals surface area contributed by atoms with Gasteiger partial charge in [-0.3, -0.25) is 0 Å². The van der Waals surface area contributed by atoms with Crippen LogP contribution in [0.1, 0.15) is 71.1 Å². The molecule has 2 aliphatic rings. The fourth-order valence-corrected chi connectivity index (χ4v) is 5.97. The lowest BCUT2D eigenvalue weighted by atomic mass is 10.0. The van der Waals surface area contributed by atoms with Crippen LogP contribution in [0.3, 0.4) is 0 Å². The highest BCUT2D eigenvalue weighted by Crippen LogP contribution is 2.31. The molecule has 1 heterocycles. The minimum atomic E-state index is -3.18. The molecule has 0 amide bonds. The van der Waals surface area contributed by atoms with E-state index in [4.69, 9.17) is 0 Å². The van der Waals surface area contributed by atoms with Crippen molar-refractivity contribution >= 4 is 10.0 Å². The predicted molar refractivity (Wildman–Crippen MR) is 81.1 cm³/mol. The third-order valence-electron chi connectivity index (χ3n) is 4.74. The average Bonchev–Trinajstić information content (AvgIpc) is 2.65. The van der Waals surface area contributed by atoms with Crippen LogP contribution in [0.15, 0.2) is 0 Å². The van der Waals surface area contributed by atoms with E-state index in [-0.39, 0.29) is 11.3 Å². The average molecular weight is 303 g/mol. The molecule has 0 aromatic carbocycles. The fourth-order valence-electron chi connectivity index (χ4n) is 3.67. The molecule has 2 atom stereocenters. The maximum absolute atomic E-state index is 12.9. The molecular weight excluding hydrogens is 274 g/mol. The molecule has 0 radical (unpaired) electrons. The van der Waals surface area contributed by atoms with Crippen molar-refractivity contribution in [2.75, 3.05) is 6.54 Å². The molecular formula is C15H29NO3S. The third kappa shape index (κ3) is 3.95. The standard InChI is InChI=1S/C15H29NO3S/c1-13(17)12-14-8-4-3-7-11-16(14)20(18,19)15-9-5-2-6-10-15/h13-15,17H,2-12H2,1H3. The molecule has 2 unspecified atom stereocenters. The smallest absolute Gasteiger partial charge is 0.217 e. The quantitative estimate of drug-likeness (QED) is 0.868. The summed E-state index contributed by atoms with van der Waals surface area (Å²) in [6.07, 6.45) is 9.08. The first-order valence-electron chi connectivity index (χ1n) is 8.20. The van der Waals surface area contributed by atoms with Crippen LogP contribution in [-0.2, 0) is 10.0 Å². The summed E-state index contributed by atoms with van der Waals surface area (Å²) in [7, 11) is -3.18. The van der Waals surface area contributed by atoms with E-state index in [1.807, 2.05) is 0 Å². The van der Waals surface area contributed by atoms with E-state index in [1.54, 1.807) is 11.2 Å². The van der Waals surface area contributed by atoms with E-state index < -0.39 is 16.1 Å². The second-order valence-corrected chi connectivity index (χ2v) is 8.67. The van der Waals surface area contributed by atoms with Gasteiger partial charge in [0.2, 0.25) is 10.0 Å². The summed E-state index contributed by atoms with van der Waals surface area (Å²) in [5.74, 6) is 0. The Hall–Kier alpha value is -0.130. The van der Waals surface area contributed by atoms with Gasteiger partial charge < -0.3 is 5.11 Å². The van der Waals surface area contributed by atoms with E-state index in [1.165, 1.54) is 6.42 Å². The van der Waals surface area contributed by atoms with Gasteiger partial charge in [-0.25, -0.2) is 8.42 Å². The zero-order valence-corrected chi connectivity index (χ0v) is 13.4. The van der Waals surface area contributed by atoms with Gasteiger partial charge in [0.1, 0.15) is 0 Å². The van der Waals surface area contributed by atoms with Crippen molar-refractivity contribution in [3.8, 4) is 0 Å². The lowest BCUT2D eigenvalue weighted by Gasteiger charge is -2.34. The van der Waals surface area contributed by atoms with Crippen LogP contribution in [-0.4, -0.2) is 41.8 Å². The van der Waals surface area contributed by atoms with Crippen LogP contribution in [0.2, 0.25) is 0 Å². The molecule has 4 nitrogen and oxygen atoms in total. The van der Waals surface area contributed by atoms with E-state index in [2.05, 4.69) is 0 Å². The van der Waals surface area contributed by atoms with Gasteiger partial charge in [-0.15, -0.1) is 0 Å². The Balaban J connectivity index is 2.15. The summed E-state index contributed by atoms with van der Waals surface area (Å²) in [6.45, 7) is 2.41. The van der Waals surface area contributed by atoms with E-state index in [0.717, 1.165) is 51.4 Å². The number of hydrogen-bond donors (Lipinski definition) is 1. The van der Waals surface area contributed by atoms with Crippen molar-refractivity contribution in [1.82, 2.24) is 4.31 Å². The lowest BCUT2D eigenvalue weighted by molar-refractivity contribution is 0.146. The minimum Gasteiger partial charge on any atom is -0.393 e. The van der Waals surface area contributed by atoms with Crippen molar-refractivity contribution in [1.29, 1.82) is 0 Å². The Morgan fingerprint density at radius 2 is 1.65 bits per heavy atom. The Morgan fingerprint density at radius 1 is 1.05 bits per heavy atom. The van der Waals surface area contributed by atoms with Gasteiger partial charge in [-0.05, 0) is 39.0 Å². The van der Waals surface area contributed by atoms with Gasteiger partial charge in [0.25, 0.3) is 0 Å². The maximum atomic E-state index is 12.9. The molecule has 1 N–H and O–H groups in total. The fraction of sp³-hybridized carbons (Fsp3) is 1.00. The Bertz CT molecular complexity index is 388. The Kier molecular flexibility index (Phi) is 5.87. The van der Waals surface area contributed by atoms with Crippen molar-refractivity contribution in [2.24, 2.45) is 0 Å². The zero-order valence-electron chi connectivity index (χ0n) is 12.6. The van der Waals surface area contributed by atoms with Crippen molar-refractivity contribution in [2.45, 2.75) is 88.5 Å². The normalized spacial score (nSPS) is 29.0. The molecule has 2 fully saturated rings. The van der Waals surface area contributed by atoms with E-state index in [9.17, 15) is 13.5 Å². The van der Waals surface area contributed by atoms with Crippen LogP contribution in [0.5, 0.6) is 0 Å². The van der Waals surface area contributed by atoms with E-state index in [0.29, 0.717) is 13.0 Å². The monoisotopic (exact) mass is 303 g/mol. The van der Waals surface area contributed by atoms with Crippen molar-refractivity contribution in [3.05, 3.63) is 0 Å². The largest absolute Gasteiger partial charge is 0.393 e. The predicted octanol–water partition coefficient (Wildman–Crippen LogP) is 2.66. The lowest BCUT2D eigenvalue weighted by Crippen LogP contribution is -2.46. The first-order valence-corrected chi connectivity index (χ1v) is 9.71.